The molecule has 0 unspecified atom stereocenters. The topological polar surface area (TPSA) is 118 Å². The van der Waals surface area contributed by atoms with Gasteiger partial charge in [-0.25, -0.2) is 19.5 Å². The van der Waals surface area contributed by atoms with Crippen LogP contribution in [0.15, 0.2) is 5.38 Å². The van der Waals surface area contributed by atoms with E-state index in [0.29, 0.717) is 24.7 Å². The van der Waals surface area contributed by atoms with Crippen molar-refractivity contribution in [3.8, 4) is 0 Å². The molecule has 1 aromatic rings. The number of urea groups is 1. The van der Waals surface area contributed by atoms with Gasteiger partial charge in [0.2, 0.25) is 5.91 Å². The predicted molar refractivity (Wildman–Crippen MR) is 123 cm³/mol. The van der Waals surface area contributed by atoms with Gasteiger partial charge in [-0.1, -0.05) is 57.8 Å². The van der Waals surface area contributed by atoms with E-state index in [1.165, 1.54) is 18.9 Å². The lowest BCUT2D eigenvalue weighted by Crippen LogP contribution is -2.48. The average Bonchev–Trinajstić information content (AvgIpc) is 3.55. The number of carbonyl (C=O) groups is 4. The summed E-state index contributed by atoms with van der Waals surface area (Å²) in [4.78, 5) is 56.4. The molecule has 1 aromatic heterocycles. The quantitative estimate of drug-likeness (QED) is 0.436. The molecule has 2 aliphatic carbocycles. The zero-order chi connectivity index (χ0) is 23.4. The second-order valence-corrected chi connectivity index (χ2v) is 10.2. The van der Waals surface area contributed by atoms with Crippen molar-refractivity contribution in [2.75, 3.05) is 12.4 Å². The van der Waals surface area contributed by atoms with Crippen LogP contribution in [-0.2, 0) is 14.3 Å². The van der Waals surface area contributed by atoms with Crippen LogP contribution in [0.2, 0.25) is 0 Å². The van der Waals surface area contributed by atoms with Gasteiger partial charge in [0, 0.05) is 5.38 Å². The maximum absolute atomic E-state index is 13.3. The number of aromatic nitrogens is 1. The minimum absolute atomic E-state index is 0.104. The number of amides is 4. The van der Waals surface area contributed by atoms with E-state index in [1.807, 2.05) is 0 Å². The number of rotatable bonds is 8. The Hall–Kier alpha value is -2.49. The van der Waals surface area contributed by atoms with Gasteiger partial charge in [0.1, 0.15) is 12.1 Å². The Morgan fingerprint density at radius 1 is 1.15 bits per heavy atom. The summed E-state index contributed by atoms with van der Waals surface area (Å²) in [6.07, 6.45) is 11.0. The minimum atomic E-state index is -0.901. The van der Waals surface area contributed by atoms with Gasteiger partial charge >= 0.3 is 12.0 Å². The first-order valence-corrected chi connectivity index (χ1v) is 12.8. The van der Waals surface area contributed by atoms with Crippen LogP contribution >= 0.6 is 11.3 Å². The summed E-state index contributed by atoms with van der Waals surface area (Å²) in [5.41, 5.74) is 0.104. The molecule has 0 aromatic carbocycles. The summed E-state index contributed by atoms with van der Waals surface area (Å²) >= 11 is 1.10. The number of nitrogens with one attached hydrogen (secondary N) is 2. The Balaban J connectivity index is 1.48. The molecule has 3 fully saturated rings. The fraction of sp³-hybridized carbons (Fsp3) is 0.696. The fourth-order valence-electron chi connectivity index (χ4n) is 5.37. The Kier molecular flexibility index (Phi) is 7.62. The number of anilines is 1. The summed E-state index contributed by atoms with van der Waals surface area (Å²) in [6, 6.07) is -1.96. The molecule has 2 N–H and O–H groups in total. The number of hydrogen-bond acceptors (Lipinski definition) is 7. The van der Waals surface area contributed by atoms with Crippen molar-refractivity contribution < 1.29 is 23.9 Å². The zero-order valence-corrected chi connectivity index (χ0v) is 19.8. The fourth-order valence-corrected chi connectivity index (χ4v) is 6.05. The molecule has 0 bridgehead atoms. The van der Waals surface area contributed by atoms with Gasteiger partial charge in [0.15, 0.2) is 10.8 Å². The van der Waals surface area contributed by atoms with Crippen LogP contribution in [0.4, 0.5) is 9.93 Å². The Bertz CT molecular complexity index is 891. The van der Waals surface area contributed by atoms with Crippen molar-refractivity contribution in [2.45, 2.75) is 82.7 Å². The third kappa shape index (κ3) is 5.54. The molecule has 0 spiro atoms. The van der Waals surface area contributed by atoms with Crippen molar-refractivity contribution in [1.29, 1.82) is 0 Å². The molecule has 4 amide bonds. The first-order valence-electron chi connectivity index (χ1n) is 11.9. The van der Waals surface area contributed by atoms with Gasteiger partial charge in [-0.2, -0.15) is 0 Å². The summed E-state index contributed by atoms with van der Waals surface area (Å²) in [7, 11) is 1.26. The van der Waals surface area contributed by atoms with Crippen LogP contribution in [-0.4, -0.2) is 52.9 Å². The highest BCUT2D eigenvalue weighted by Gasteiger charge is 2.46. The highest BCUT2D eigenvalue weighted by molar-refractivity contribution is 7.14. The first-order chi connectivity index (χ1) is 16.0. The summed E-state index contributed by atoms with van der Waals surface area (Å²) < 4.78 is 4.66. The van der Waals surface area contributed by atoms with Gasteiger partial charge in [-0.05, 0) is 24.7 Å². The monoisotopic (exact) mass is 476 g/mol. The van der Waals surface area contributed by atoms with Crippen LogP contribution in [0.1, 0.15) is 81.1 Å². The molecule has 2 saturated carbocycles. The lowest BCUT2D eigenvalue weighted by Gasteiger charge is -2.27. The standard InChI is InChI=1S/C23H32N4O5S/c1-32-21(30)17-13-33-22(24-17)26-19(28)18(12-15-9-5-6-10-15)27-20(29)16(25-23(27)31)11-14-7-3-2-4-8-14/h13-16,18H,2-12H2,1H3,(H,25,31)(H,24,26,28)/t16-,18+/m0/s1. The van der Waals surface area contributed by atoms with E-state index in [1.54, 1.807) is 0 Å². The maximum atomic E-state index is 13.3. The largest absolute Gasteiger partial charge is 0.464 e. The minimum Gasteiger partial charge on any atom is -0.464 e. The molecule has 9 nitrogen and oxygen atoms in total. The van der Waals surface area contributed by atoms with E-state index in [0.717, 1.165) is 67.6 Å². The molecular weight excluding hydrogens is 444 g/mol. The molecule has 33 heavy (non-hydrogen) atoms. The van der Waals surface area contributed by atoms with Crippen molar-refractivity contribution >= 4 is 40.3 Å². The lowest BCUT2D eigenvalue weighted by molar-refractivity contribution is -0.134. The molecule has 2 heterocycles. The number of nitrogens with zero attached hydrogens (tertiary/aromatic N) is 2. The van der Waals surface area contributed by atoms with E-state index in [-0.39, 0.29) is 16.7 Å². The second kappa shape index (κ2) is 10.6. The highest BCUT2D eigenvalue weighted by Crippen LogP contribution is 2.33. The number of hydrogen-bond donors (Lipinski definition) is 2. The molecule has 1 aliphatic heterocycles. The van der Waals surface area contributed by atoms with E-state index >= 15 is 0 Å². The third-order valence-electron chi connectivity index (χ3n) is 7.12. The molecule has 0 radical (unpaired) electrons. The van der Waals surface area contributed by atoms with Gasteiger partial charge in [0.25, 0.3) is 5.91 Å². The number of esters is 1. The Labute approximate surface area is 197 Å². The average molecular weight is 477 g/mol. The predicted octanol–water partition coefficient (Wildman–Crippen LogP) is 3.71. The number of methoxy groups -OCH3 is 1. The Morgan fingerprint density at radius 2 is 1.82 bits per heavy atom. The van der Waals surface area contributed by atoms with Crippen LogP contribution in [0.3, 0.4) is 0 Å². The van der Waals surface area contributed by atoms with Crippen molar-refractivity contribution in [3.63, 3.8) is 0 Å². The molecule has 180 valence electrons. The third-order valence-corrected chi connectivity index (χ3v) is 7.88. The smallest absolute Gasteiger partial charge is 0.357 e. The van der Waals surface area contributed by atoms with Crippen molar-refractivity contribution in [2.24, 2.45) is 11.8 Å². The van der Waals surface area contributed by atoms with E-state index < -0.39 is 30.0 Å². The molecular formula is C23H32N4O5S. The van der Waals surface area contributed by atoms with Crippen LogP contribution in [0.25, 0.3) is 0 Å². The van der Waals surface area contributed by atoms with Crippen molar-refractivity contribution in [3.05, 3.63) is 11.1 Å². The van der Waals surface area contributed by atoms with Crippen LogP contribution < -0.4 is 10.6 Å². The number of carbonyl (C=O) groups excluding carboxylic acids is 4. The molecule has 3 aliphatic rings. The van der Waals surface area contributed by atoms with Gasteiger partial charge in [-0.3, -0.25) is 9.59 Å². The molecule has 4 rings (SSSR count). The lowest BCUT2D eigenvalue weighted by atomic mass is 9.85. The van der Waals surface area contributed by atoms with Gasteiger partial charge in [0.05, 0.1) is 7.11 Å². The summed E-state index contributed by atoms with van der Waals surface area (Å²) in [5, 5.41) is 7.29. The highest BCUT2D eigenvalue weighted by atomic mass is 32.1. The van der Waals surface area contributed by atoms with E-state index in [2.05, 4.69) is 20.4 Å². The summed E-state index contributed by atoms with van der Waals surface area (Å²) in [6.45, 7) is 0. The zero-order valence-electron chi connectivity index (χ0n) is 19.0. The van der Waals surface area contributed by atoms with Crippen LogP contribution in [0.5, 0.6) is 0 Å². The van der Waals surface area contributed by atoms with Gasteiger partial charge < -0.3 is 15.4 Å². The maximum Gasteiger partial charge on any atom is 0.357 e. The first kappa shape index (κ1) is 23.7. The van der Waals surface area contributed by atoms with Gasteiger partial charge in [-0.15, -0.1) is 11.3 Å². The summed E-state index contributed by atoms with van der Waals surface area (Å²) in [5.74, 6) is -0.621. The number of ether oxygens (including phenoxy) is 1. The number of thiazole rings is 1. The Morgan fingerprint density at radius 3 is 2.52 bits per heavy atom. The van der Waals surface area contributed by atoms with Crippen molar-refractivity contribution in [1.82, 2.24) is 15.2 Å². The molecule has 2 atom stereocenters. The van der Waals surface area contributed by atoms with E-state index in [9.17, 15) is 19.2 Å². The van der Waals surface area contributed by atoms with Crippen LogP contribution in [0, 0.1) is 11.8 Å². The molecule has 1 saturated heterocycles. The van der Waals surface area contributed by atoms with E-state index in [4.69, 9.17) is 0 Å². The molecule has 10 heteroatoms. The second-order valence-electron chi connectivity index (χ2n) is 9.37. The SMILES string of the molecule is COC(=O)c1csc(NC(=O)[C@@H](CC2CCCC2)N2C(=O)N[C@@H](CC3CCCCC3)C2=O)n1. The number of imide groups is 1. The normalized spacial score (nSPS) is 22.9.